The van der Waals surface area contributed by atoms with Crippen molar-refractivity contribution in [1.82, 2.24) is 0 Å². The van der Waals surface area contributed by atoms with Gasteiger partial charge in [-0.2, -0.15) is 0 Å². The molecule has 3 atom stereocenters. The predicted molar refractivity (Wildman–Crippen MR) is 53.0 cm³/mol. The summed E-state index contributed by atoms with van der Waals surface area (Å²) in [5.41, 5.74) is 0. The van der Waals surface area contributed by atoms with Crippen molar-refractivity contribution in [3.05, 3.63) is 0 Å². The van der Waals surface area contributed by atoms with Crippen molar-refractivity contribution in [2.24, 2.45) is 23.7 Å². The molecule has 3 unspecified atom stereocenters. The molecule has 2 rings (SSSR count). The number of rotatable bonds is 4. The summed E-state index contributed by atoms with van der Waals surface area (Å²) in [4.78, 5) is 0. The Bertz CT molecular complexity index is 146. The van der Waals surface area contributed by atoms with E-state index in [0.717, 1.165) is 23.7 Å². The summed E-state index contributed by atoms with van der Waals surface area (Å²) in [6.45, 7) is 4.80. The highest BCUT2D eigenvalue weighted by atomic mass is 14.5. The lowest BCUT2D eigenvalue weighted by Gasteiger charge is -2.40. The second-order valence-electron chi connectivity index (χ2n) is 5.01. The second-order valence-corrected chi connectivity index (χ2v) is 5.01. The molecule has 0 spiro atoms. The summed E-state index contributed by atoms with van der Waals surface area (Å²) in [5, 5.41) is 0. The third kappa shape index (κ3) is 1.53. The zero-order valence-corrected chi connectivity index (χ0v) is 8.55. The average Bonchev–Trinajstić information content (AvgIpc) is 2.83. The molecule has 70 valence electrons. The zero-order valence-electron chi connectivity index (χ0n) is 8.55. The van der Waals surface area contributed by atoms with E-state index in [1.54, 1.807) is 19.3 Å². The van der Waals surface area contributed by atoms with Crippen molar-refractivity contribution in [1.29, 1.82) is 0 Å². The Hall–Kier alpha value is 0. The predicted octanol–water partition coefficient (Wildman–Crippen LogP) is 3.86. The monoisotopic (exact) mass is 166 g/mol. The molecule has 2 fully saturated rings. The van der Waals surface area contributed by atoms with Crippen LogP contribution >= 0.6 is 0 Å². The summed E-state index contributed by atoms with van der Waals surface area (Å²) in [6, 6.07) is 0. The normalized spacial score (nSPS) is 37.5. The van der Waals surface area contributed by atoms with Gasteiger partial charge in [-0.3, -0.25) is 0 Å². The molecular formula is C12H22. The topological polar surface area (TPSA) is 0 Å². The molecule has 0 aromatic carbocycles. The van der Waals surface area contributed by atoms with E-state index in [4.69, 9.17) is 0 Å². The van der Waals surface area contributed by atoms with Crippen molar-refractivity contribution in [3.8, 4) is 0 Å². The summed E-state index contributed by atoms with van der Waals surface area (Å²) in [7, 11) is 0. The molecule has 0 radical (unpaired) electrons. The quantitative estimate of drug-likeness (QED) is 0.595. The van der Waals surface area contributed by atoms with Gasteiger partial charge in [-0.05, 0) is 42.9 Å². The lowest BCUT2D eigenvalue weighted by Crippen LogP contribution is -2.31. The van der Waals surface area contributed by atoms with Gasteiger partial charge in [0.15, 0.2) is 0 Å². The Labute approximate surface area is 76.7 Å². The van der Waals surface area contributed by atoms with Crippen LogP contribution in [0.25, 0.3) is 0 Å². The van der Waals surface area contributed by atoms with Gasteiger partial charge in [-0.25, -0.2) is 0 Å². The molecule has 0 N–H and O–H groups in total. The van der Waals surface area contributed by atoms with Gasteiger partial charge >= 0.3 is 0 Å². The molecular weight excluding hydrogens is 144 g/mol. The van der Waals surface area contributed by atoms with Gasteiger partial charge in [0.1, 0.15) is 0 Å². The minimum atomic E-state index is 1.06. The van der Waals surface area contributed by atoms with E-state index in [9.17, 15) is 0 Å². The fraction of sp³-hybridized carbons (Fsp3) is 1.00. The van der Waals surface area contributed by atoms with Crippen LogP contribution in [-0.4, -0.2) is 0 Å². The number of hydrogen-bond donors (Lipinski definition) is 0. The third-order valence-electron chi connectivity index (χ3n) is 4.09. The lowest BCUT2D eigenvalue weighted by atomic mass is 9.65. The molecule has 0 heterocycles. The Morgan fingerprint density at radius 2 is 1.92 bits per heavy atom. The molecule has 0 heteroatoms. The van der Waals surface area contributed by atoms with Crippen molar-refractivity contribution in [2.45, 2.75) is 52.4 Å². The van der Waals surface area contributed by atoms with Crippen LogP contribution in [0.3, 0.4) is 0 Å². The first-order chi connectivity index (χ1) is 5.83. The molecule has 0 bridgehead atoms. The SMILES string of the molecule is CCCC(C1CC1)C1CCC1C. The van der Waals surface area contributed by atoms with Crippen LogP contribution in [0.1, 0.15) is 52.4 Å². The molecule has 0 aromatic rings. The van der Waals surface area contributed by atoms with Crippen LogP contribution in [0.5, 0.6) is 0 Å². The van der Waals surface area contributed by atoms with E-state index in [2.05, 4.69) is 13.8 Å². The van der Waals surface area contributed by atoms with E-state index in [-0.39, 0.29) is 0 Å². The fourth-order valence-electron chi connectivity index (χ4n) is 2.99. The Balaban J connectivity index is 1.86. The molecule has 0 aromatic heterocycles. The highest BCUT2D eigenvalue weighted by molar-refractivity contribution is 4.91. The zero-order chi connectivity index (χ0) is 8.55. The second kappa shape index (κ2) is 3.40. The van der Waals surface area contributed by atoms with E-state index >= 15 is 0 Å². The van der Waals surface area contributed by atoms with Gasteiger partial charge in [0.25, 0.3) is 0 Å². The number of hydrogen-bond acceptors (Lipinski definition) is 0. The maximum atomic E-state index is 2.46. The standard InChI is InChI=1S/C12H22/c1-3-4-12(10-6-7-10)11-8-5-9(11)2/h9-12H,3-8H2,1-2H3. The molecule has 12 heavy (non-hydrogen) atoms. The summed E-state index contributed by atoms with van der Waals surface area (Å²) in [6.07, 6.45) is 9.08. The summed E-state index contributed by atoms with van der Waals surface area (Å²) >= 11 is 0. The first kappa shape index (κ1) is 8.59. The van der Waals surface area contributed by atoms with Crippen LogP contribution in [0, 0.1) is 23.7 Å². The first-order valence-electron chi connectivity index (χ1n) is 5.83. The lowest BCUT2D eigenvalue weighted by molar-refractivity contribution is 0.0973. The van der Waals surface area contributed by atoms with E-state index in [1.807, 2.05) is 0 Å². The highest BCUT2D eigenvalue weighted by Crippen LogP contribution is 2.51. The Morgan fingerprint density at radius 3 is 2.25 bits per heavy atom. The van der Waals surface area contributed by atoms with Crippen LogP contribution in [0.2, 0.25) is 0 Å². The van der Waals surface area contributed by atoms with Gasteiger partial charge in [-0.15, -0.1) is 0 Å². The van der Waals surface area contributed by atoms with Crippen LogP contribution in [-0.2, 0) is 0 Å². The Morgan fingerprint density at radius 1 is 1.17 bits per heavy atom. The van der Waals surface area contributed by atoms with Crippen molar-refractivity contribution in [3.63, 3.8) is 0 Å². The first-order valence-corrected chi connectivity index (χ1v) is 5.83. The van der Waals surface area contributed by atoms with Gasteiger partial charge in [0, 0.05) is 0 Å². The fourth-order valence-corrected chi connectivity index (χ4v) is 2.99. The van der Waals surface area contributed by atoms with Crippen LogP contribution < -0.4 is 0 Å². The molecule has 0 aliphatic heterocycles. The summed E-state index contributed by atoms with van der Waals surface area (Å²) < 4.78 is 0. The van der Waals surface area contributed by atoms with Crippen LogP contribution in [0.4, 0.5) is 0 Å². The Kier molecular flexibility index (Phi) is 2.43. The molecule has 0 saturated heterocycles. The molecule has 0 nitrogen and oxygen atoms in total. The van der Waals surface area contributed by atoms with Gasteiger partial charge in [-0.1, -0.05) is 33.1 Å². The maximum absolute atomic E-state index is 2.46. The van der Waals surface area contributed by atoms with Gasteiger partial charge in [0.05, 0.1) is 0 Å². The van der Waals surface area contributed by atoms with Crippen molar-refractivity contribution >= 4 is 0 Å². The van der Waals surface area contributed by atoms with Crippen molar-refractivity contribution in [2.75, 3.05) is 0 Å². The molecule has 0 amide bonds. The summed E-state index contributed by atoms with van der Waals surface area (Å²) in [5.74, 6) is 4.45. The minimum Gasteiger partial charge on any atom is -0.0654 e. The average molecular weight is 166 g/mol. The van der Waals surface area contributed by atoms with E-state index < -0.39 is 0 Å². The minimum absolute atomic E-state index is 1.06. The third-order valence-corrected chi connectivity index (χ3v) is 4.09. The maximum Gasteiger partial charge on any atom is -0.0355 e. The van der Waals surface area contributed by atoms with Crippen molar-refractivity contribution < 1.29 is 0 Å². The molecule has 2 aliphatic carbocycles. The van der Waals surface area contributed by atoms with Crippen LogP contribution in [0.15, 0.2) is 0 Å². The van der Waals surface area contributed by atoms with Gasteiger partial charge in [0.2, 0.25) is 0 Å². The highest BCUT2D eigenvalue weighted by Gasteiger charge is 2.41. The molecule has 2 aliphatic rings. The molecule has 2 saturated carbocycles. The smallest absolute Gasteiger partial charge is 0.0355 e. The van der Waals surface area contributed by atoms with E-state index in [1.165, 1.54) is 19.3 Å². The largest absolute Gasteiger partial charge is 0.0654 e. The van der Waals surface area contributed by atoms with E-state index in [0.29, 0.717) is 0 Å². The van der Waals surface area contributed by atoms with Gasteiger partial charge < -0.3 is 0 Å².